The standard InChI is InChI=1S/C23H20N4O4S2/c1-2-31-19(28)14-32-23-26-25-22(33-23)24-12-18-16-10-6-7-11-17(16)20(29)27(21(18)30)13-15-8-4-3-5-9-15/h3-12,30H,2,13-14H2,1H3. The minimum atomic E-state index is -0.320. The van der Waals surface area contributed by atoms with Gasteiger partial charge in [0.1, 0.15) is 0 Å². The summed E-state index contributed by atoms with van der Waals surface area (Å²) in [6.45, 7) is 2.31. The summed E-state index contributed by atoms with van der Waals surface area (Å²) in [5.74, 6) is -0.352. The van der Waals surface area contributed by atoms with Gasteiger partial charge >= 0.3 is 5.97 Å². The Morgan fingerprint density at radius 2 is 1.88 bits per heavy atom. The van der Waals surface area contributed by atoms with Gasteiger partial charge in [0, 0.05) is 17.0 Å². The van der Waals surface area contributed by atoms with Crippen molar-refractivity contribution < 1.29 is 14.6 Å². The number of aromatic nitrogens is 3. The molecule has 0 aliphatic carbocycles. The highest BCUT2D eigenvalue weighted by molar-refractivity contribution is 8.01. The van der Waals surface area contributed by atoms with Gasteiger partial charge in [-0.3, -0.25) is 14.2 Å². The Bertz CT molecular complexity index is 1370. The Hall–Kier alpha value is -3.50. The van der Waals surface area contributed by atoms with Crippen molar-refractivity contribution in [2.45, 2.75) is 17.8 Å². The second-order valence-electron chi connectivity index (χ2n) is 6.86. The number of nitrogens with zero attached hydrogens (tertiary/aromatic N) is 4. The average Bonchev–Trinajstić information content (AvgIpc) is 3.29. The van der Waals surface area contributed by atoms with Crippen LogP contribution in [0.25, 0.3) is 10.8 Å². The molecule has 0 bridgehead atoms. The molecule has 2 heterocycles. The van der Waals surface area contributed by atoms with Gasteiger partial charge in [0.05, 0.1) is 24.5 Å². The number of thioether (sulfide) groups is 1. The topological polar surface area (TPSA) is 107 Å². The maximum atomic E-state index is 13.1. The van der Waals surface area contributed by atoms with E-state index in [4.69, 9.17) is 4.74 Å². The number of aromatic hydroxyl groups is 1. The summed E-state index contributed by atoms with van der Waals surface area (Å²) >= 11 is 2.44. The molecule has 2 aromatic heterocycles. The van der Waals surface area contributed by atoms with Crippen LogP contribution in [0.3, 0.4) is 0 Å². The van der Waals surface area contributed by atoms with Crippen LogP contribution in [0.1, 0.15) is 18.1 Å². The third kappa shape index (κ3) is 5.29. The van der Waals surface area contributed by atoms with Crippen molar-refractivity contribution in [3.05, 3.63) is 76.1 Å². The smallest absolute Gasteiger partial charge is 0.316 e. The fraction of sp³-hybridized carbons (Fsp3) is 0.174. The van der Waals surface area contributed by atoms with Gasteiger partial charge in [0.15, 0.2) is 4.34 Å². The zero-order chi connectivity index (χ0) is 23.2. The third-order valence-corrected chi connectivity index (χ3v) is 6.63. The van der Waals surface area contributed by atoms with Crippen molar-refractivity contribution in [3.63, 3.8) is 0 Å². The number of esters is 1. The van der Waals surface area contributed by atoms with E-state index in [1.54, 1.807) is 31.2 Å². The van der Waals surface area contributed by atoms with Crippen molar-refractivity contribution in [3.8, 4) is 5.88 Å². The first-order valence-electron chi connectivity index (χ1n) is 10.1. The molecule has 168 valence electrons. The normalized spacial score (nSPS) is 11.3. The fourth-order valence-electron chi connectivity index (χ4n) is 3.21. The number of benzene rings is 2. The van der Waals surface area contributed by atoms with Crippen LogP contribution < -0.4 is 5.56 Å². The van der Waals surface area contributed by atoms with Gasteiger partial charge in [-0.1, -0.05) is 71.6 Å². The van der Waals surface area contributed by atoms with E-state index in [0.29, 0.717) is 32.4 Å². The summed E-state index contributed by atoms with van der Waals surface area (Å²) in [4.78, 5) is 28.9. The molecule has 1 N–H and O–H groups in total. The summed E-state index contributed by atoms with van der Waals surface area (Å²) in [5.41, 5.74) is 1.02. The Kier molecular flexibility index (Phi) is 7.16. The number of ether oxygens (including phenoxy) is 1. The van der Waals surface area contributed by atoms with Crippen LogP contribution in [0.2, 0.25) is 0 Å². The monoisotopic (exact) mass is 480 g/mol. The maximum absolute atomic E-state index is 13.1. The Morgan fingerprint density at radius 1 is 1.15 bits per heavy atom. The average molecular weight is 481 g/mol. The van der Waals surface area contributed by atoms with Crippen molar-refractivity contribution in [1.29, 1.82) is 0 Å². The number of hydrogen-bond donors (Lipinski definition) is 1. The second kappa shape index (κ2) is 10.4. The molecule has 8 nitrogen and oxygen atoms in total. The summed E-state index contributed by atoms with van der Waals surface area (Å²) in [5, 5.41) is 20.5. The highest BCUT2D eigenvalue weighted by Gasteiger charge is 2.15. The molecule has 10 heteroatoms. The Balaban J connectivity index is 1.66. The number of pyridine rings is 1. The van der Waals surface area contributed by atoms with E-state index in [1.165, 1.54) is 33.9 Å². The van der Waals surface area contributed by atoms with Gasteiger partial charge in [0.2, 0.25) is 11.0 Å². The fourth-order valence-corrected chi connectivity index (χ4v) is 4.69. The molecule has 0 amide bonds. The van der Waals surface area contributed by atoms with Gasteiger partial charge in [-0.05, 0) is 18.6 Å². The first kappa shape index (κ1) is 22.7. The van der Waals surface area contributed by atoms with Crippen molar-refractivity contribution in [1.82, 2.24) is 14.8 Å². The molecule has 0 aliphatic heterocycles. The quantitative estimate of drug-likeness (QED) is 0.231. The number of hydrogen-bond acceptors (Lipinski definition) is 9. The van der Waals surface area contributed by atoms with Crippen molar-refractivity contribution >= 4 is 51.2 Å². The van der Waals surface area contributed by atoms with Gasteiger partial charge < -0.3 is 9.84 Å². The third-order valence-electron chi connectivity index (χ3n) is 4.69. The molecular weight excluding hydrogens is 460 g/mol. The second-order valence-corrected chi connectivity index (χ2v) is 9.04. The number of carbonyl (C=O) groups excluding carboxylic acids is 1. The first-order valence-corrected chi connectivity index (χ1v) is 11.9. The van der Waals surface area contributed by atoms with E-state index < -0.39 is 0 Å². The van der Waals surface area contributed by atoms with Crippen LogP contribution in [0.4, 0.5) is 5.13 Å². The molecule has 2 aromatic carbocycles. The van der Waals surface area contributed by atoms with E-state index >= 15 is 0 Å². The summed E-state index contributed by atoms with van der Waals surface area (Å²) in [6, 6.07) is 16.5. The zero-order valence-corrected chi connectivity index (χ0v) is 19.3. The SMILES string of the molecule is CCOC(=O)CSc1nnc(N=Cc2c(O)n(Cc3ccccc3)c(=O)c3ccccc23)s1. The lowest BCUT2D eigenvalue weighted by Gasteiger charge is -2.13. The van der Waals surface area contributed by atoms with E-state index in [9.17, 15) is 14.7 Å². The van der Waals surface area contributed by atoms with Crippen LogP contribution in [0.15, 0.2) is 68.7 Å². The van der Waals surface area contributed by atoms with Crippen LogP contribution in [0, 0.1) is 0 Å². The molecular formula is C23H20N4O4S2. The highest BCUT2D eigenvalue weighted by Crippen LogP contribution is 2.29. The Morgan fingerprint density at radius 3 is 2.64 bits per heavy atom. The molecule has 0 unspecified atom stereocenters. The minimum Gasteiger partial charge on any atom is -0.494 e. The number of fused-ring (bicyclic) bond motifs is 1. The number of aliphatic imine (C=N–C) groups is 1. The van der Waals surface area contributed by atoms with Gasteiger partial charge in [0.25, 0.3) is 5.56 Å². The molecule has 0 aliphatic rings. The molecule has 0 saturated carbocycles. The van der Waals surface area contributed by atoms with E-state index in [2.05, 4.69) is 15.2 Å². The largest absolute Gasteiger partial charge is 0.494 e. The molecule has 0 fully saturated rings. The van der Waals surface area contributed by atoms with Crippen LogP contribution in [-0.2, 0) is 16.1 Å². The molecule has 0 atom stereocenters. The lowest BCUT2D eigenvalue weighted by atomic mass is 10.1. The maximum Gasteiger partial charge on any atom is 0.316 e. The van der Waals surface area contributed by atoms with Crippen molar-refractivity contribution in [2.75, 3.05) is 12.4 Å². The molecule has 4 aromatic rings. The first-order chi connectivity index (χ1) is 16.1. The predicted octanol–water partition coefficient (Wildman–Crippen LogP) is 4.01. The summed E-state index contributed by atoms with van der Waals surface area (Å²) in [7, 11) is 0. The van der Waals surface area contributed by atoms with Gasteiger partial charge in [-0.15, -0.1) is 10.2 Å². The van der Waals surface area contributed by atoms with Gasteiger partial charge in [-0.25, -0.2) is 4.99 Å². The molecule has 0 radical (unpaired) electrons. The summed E-state index contributed by atoms with van der Waals surface area (Å²) in [6.07, 6.45) is 1.49. The lowest BCUT2D eigenvalue weighted by molar-refractivity contribution is -0.139. The van der Waals surface area contributed by atoms with Crippen LogP contribution in [-0.4, -0.2) is 44.4 Å². The zero-order valence-electron chi connectivity index (χ0n) is 17.7. The van der Waals surface area contributed by atoms with E-state index in [0.717, 1.165) is 5.56 Å². The van der Waals surface area contributed by atoms with Crippen LogP contribution in [0.5, 0.6) is 5.88 Å². The minimum absolute atomic E-state index is 0.141. The van der Waals surface area contributed by atoms with E-state index in [1.807, 2.05) is 30.3 Å². The van der Waals surface area contributed by atoms with Crippen LogP contribution >= 0.6 is 23.1 Å². The number of rotatable bonds is 8. The lowest BCUT2D eigenvalue weighted by Crippen LogP contribution is -2.22. The highest BCUT2D eigenvalue weighted by atomic mass is 32.2. The molecule has 4 rings (SSSR count). The molecule has 33 heavy (non-hydrogen) atoms. The molecule has 0 saturated heterocycles. The molecule has 0 spiro atoms. The Labute approximate surface area is 197 Å². The summed E-state index contributed by atoms with van der Waals surface area (Å²) < 4.78 is 6.82. The van der Waals surface area contributed by atoms with Gasteiger partial charge in [-0.2, -0.15) is 0 Å². The van der Waals surface area contributed by atoms with E-state index in [-0.39, 0.29) is 29.7 Å². The number of carbonyl (C=O) groups is 1. The van der Waals surface area contributed by atoms with Crippen molar-refractivity contribution in [2.24, 2.45) is 4.99 Å². The predicted molar refractivity (Wildman–Crippen MR) is 130 cm³/mol.